The van der Waals surface area contributed by atoms with Crippen LogP contribution in [0.4, 0.5) is 0 Å². The van der Waals surface area contributed by atoms with E-state index in [9.17, 15) is 9.59 Å². The van der Waals surface area contributed by atoms with Gasteiger partial charge >= 0.3 is 5.97 Å². The minimum Gasteiger partial charge on any atom is -0.462 e. The molecule has 0 aliphatic carbocycles. The van der Waals surface area contributed by atoms with Gasteiger partial charge in [0.2, 0.25) is 0 Å². The predicted molar refractivity (Wildman–Crippen MR) is 64.2 cm³/mol. The van der Waals surface area contributed by atoms with Crippen LogP contribution in [0.25, 0.3) is 0 Å². The van der Waals surface area contributed by atoms with Gasteiger partial charge in [-0.2, -0.15) is 0 Å². The lowest BCUT2D eigenvalue weighted by Gasteiger charge is -2.15. The second-order valence-corrected chi connectivity index (χ2v) is 4.43. The van der Waals surface area contributed by atoms with E-state index >= 15 is 0 Å². The van der Waals surface area contributed by atoms with E-state index in [0.717, 1.165) is 12.8 Å². The van der Waals surface area contributed by atoms with Crippen LogP contribution in [0.2, 0.25) is 0 Å². The van der Waals surface area contributed by atoms with E-state index in [1.807, 2.05) is 6.92 Å². The zero-order valence-corrected chi connectivity index (χ0v) is 10.9. The molecule has 0 aromatic heterocycles. The molecule has 0 fully saturated rings. The lowest BCUT2D eigenvalue weighted by Crippen LogP contribution is -2.25. The van der Waals surface area contributed by atoms with Gasteiger partial charge < -0.3 is 4.74 Å². The molecule has 0 saturated carbocycles. The second kappa shape index (κ2) is 8.31. The van der Waals surface area contributed by atoms with Crippen molar-refractivity contribution in [3.8, 4) is 0 Å². The molecule has 0 radical (unpaired) electrons. The van der Waals surface area contributed by atoms with Crippen molar-refractivity contribution in [3.63, 3.8) is 0 Å². The maximum atomic E-state index is 11.4. The summed E-state index contributed by atoms with van der Waals surface area (Å²) in [6, 6.07) is 0. The summed E-state index contributed by atoms with van der Waals surface area (Å²) in [6.07, 6.45) is 5.50. The lowest BCUT2D eigenvalue weighted by atomic mass is 10.1. The first-order valence-electron chi connectivity index (χ1n) is 6.20. The molecule has 0 spiro atoms. The molecular formula is C13H24O3. The smallest absolute Gasteiger partial charge is 0.316 e. The first kappa shape index (κ1) is 15.1. The van der Waals surface area contributed by atoms with Crippen molar-refractivity contribution in [1.29, 1.82) is 0 Å². The molecule has 16 heavy (non-hydrogen) atoms. The second-order valence-electron chi connectivity index (χ2n) is 4.43. The van der Waals surface area contributed by atoms with Gasteiger partial charge in [0.25, 0.3) is 0 Å². The molecule has 0 amide bonds. The van der Waals surface area contributed by atoms with Crippen molar-refractivity contribution >= 4 is 11.8 Å². The van der Waals surface area contributed by atoms with Gasteiger partial charge in [0.15, 0.2) is 0 Å². The average Bonchev–Trinajstić information content (AvgIpc) is 2.23. The summed E-state index contributed by atoms with van der Waals surface area (Å²) >= 11 is 0. The number of carbonyl (C=O) groups excluding carboxylic acids is 2. The van der Waals surface area contributed by atoms with E-state index in [1.165, 1.54) is 26.2 Å². The molecule has 0 bridgehead atoms. The number of unbranched alkanes of at least 4 members (excludes halogenated alkanes) is 3. The molecule has 0 saturated heterocycles. The number of esters is 1. The number of ether oxygens (including phenoxy) is 1. The zero-order chi connectivity index (χ0) is 12.6. The normalized spacial score (nSPS) is 14.2. The maximum absolute atomic E-state index is 11.4. The van der Waals surface area contributed by atoms with Crippen molar-refractivity contribution in [3.05, 3.63) is 0 Å². The highest BCUT2D eigenvalue weighted by molar-refractivity contribution is 5.97. The van der Waals surface area contributed by atoms with E-state index in [2.05, 4.69) is 6.92 Å². The molecule has 0 rings (SSSR count). The summed E-state index contributed by atoms with van der Waals surface area (Å²) in [5, 5.41) is 0. The van der Waals surface area contributed by atoms with Crippen LogP contribution in [0, 0.1) is 5.92 Å². The van der Waals surface area contributed by atoms with Crippen LogP contribution >= 0.6 is 0 Å². The van der Waals surface area contributed by atoms with Gasteiger partial charge in [0, 0.05) is 0 Å². The number of hydrogen-bond acceptors (Lipinski definition) is 3. The van der Waals surface area contributed by atoms with Crippen LogP contribution in [0.15, 0.2) is 0 Å². The monoisotopic (exact) mass is 228 g/mol. The summed E-state index contributed by atoms with van der Waals surface area (Å²) in [5.41, 5.74) is 0. The summed E-state index contributed by atoms with van der Waals surface area (Å²) in [5.74, 6) is -1.16. The summed E-state index contributed by atoms with van der Waals surface area (Å²) < 4.78 is 5.19. The van der Waals surface area contributed by atoms with Crippen LogP contribution in [-0.4, -0.2) is 17.9 Å². The van der Waals surface area contributed by atoms with Crippen LogP contribution in [-0.2, 0) is 14.3 Å². The van der Waals surface area contributed by atoms with Gasteiger partial charge in [-0.15, -0.1) is 0 Å². The molecule has 0 aromatic rings. The minimum absolute atomic E-state index is 0.0776. The van der Waals surface area contributed by atoms with Gasteiger partial charge in [0.05, 0.1) is 6.10 Å². The highest BCUT2D eigenvalue weighted by Gasteiger charge is 2.20. The van der Waals surface area contributed by atoms with Crippen molar-refractivity contribution in [1.82, 2.24) is 0 Å². The highest BCUT2D eigenvalue weighted by Crippen LogP contribution is 2.10. The Bertz CT molecular complexity index is 223. The van der Waals surface area contributed by atoms with E-state index in [1.54, 1.807) is 6.92 Å². The molecular weight excluding hydrogens is 204 g/mol. The molecule has 0 aliphatic rings. The molecule has 2 unspecified atom stereocenters. The van der Waals surface area contributed by atoms with E-state index in [0.29, 0.717) is 0 Å². The van der Waals surface area contributed by atoms with Crippen molar-refractivity contribution < 1.29 is 14.3 Å². The first-order chi connectivity index (χ1) is 7.49. The summed E-state index contributed by atoms with van der Waals surface area (Å²) in [6.45, 7) is 7.06. The third-order valence-corrected chi connectivity index (χ3v) is 2.74. The van der Waals surface area contributed by atoms with Gasteiger partial charge in [-0.3, -0.25) is 9.59 Å². The Morgan fingerprint density at radius 3 is 2.25 bits per heavy atom. The zero-order valence-electron chi connectivity index (χ0n) is 10.9. The minimum atomic E-state index is -0.627. The SMILES string of the molecule is CCCCCCC(C)OC(=O)C(C)C(C)=O. The Morgan fingerprint density at radius 2 is 1.75 bits per heavy atom. The fourth-order valence-electron chi connectivity index (χ4n) is 1.38. The quantitative estimate of drug-likeness (QED) is 0.364. The first-order valence-corrected chi connectivity index (χ1v) is 6.20. The van der Waals surface area contributed by atoms with Gasteiger partial charge in [-0.25, -0.2) is 0 Å². The number of carbonyl (C=O) groups is 2. The molecule has 3 nitrogen and oxygen atoms in total. The van der Waals surface area contributed by atoms with Crippen LogP contribution < -0.4 is 0 Å². The Morgan fingerprint density at radius 1 is 1.12 bits per heavy atom. The molecule has 0 N–H and O–H groups in total. The summed E-state index contributed by atoms with van der Waals surface area (Å²) in [4.78, 5) is 22.4. The Kier molecular flexibility index (Phi) is 7.86. The largest absolute Gasteiger partial charge is 0.462 e. The van der Waals surface area contributed by atoms with Gasteiger partial charge in [0.1, 0.15) is 11.7 Å². The third-order valence-electron chi connectivity index (χ3n) is 2.74. The molecule has 0 aliphatic heterocycles. The van der Waals surface area contributed by atoms with Crippen molar-refractivity contribution in [2.75, 3.05) is 0 Å². The van der Waals surface area contributed by atoms with Crippen LogP contribution in [0.3, 0.4) is 0 Å². The van der Waals surface area contributed by atoms with E-state index in [4.69, 9.17) is 4.74 Å². The Balaban J connectivity index is 3.74. The topological polar surface area (TPSA) is 43.4 Å². The van der Waals surface area contributed by atoms with E-state index < -0.39 is 11.9 Å². The lowest BCUT2D eigenvalue weighted by molar-refractivity contribution is -0.155. The summed E-state index contributed by atoms with van der Waals surface area (Å²) in [7, 11) is 0. The maximum Gasteiger partial charge on any atom is 0.316 e. The van der Waals surface area contributed by atoms with Gasteiger partial charge in [-0.05, 0) is 33.6 Å². The predicted octanol–water partition coefficient (Wildman–Crippen LogP) is 3.11. The van der Waals surface area contributed by atoms with Gasteiger partial charge in [-0.1, -0.05) is 26.2 Å². The van der Waals surface area contributed by atoms with E-state index in [-0.39, 0.29) is 11.9 Å². The highest BCUT2D eigenvalue weighted by atomic mass is 16.5. The van der Waals surface area contributed by atoms with Crippen LogP contribution in [0.5, 0.6) is 0 Å². The number of rotatable bonds is 8. The number of Topliss-reactive ketones (excluding diaryl/α,β-unsaturated/α-hetero) is 1. The molecule has 2 atom stereocenters. The molecule has 94 valence electrons. The number of hydrogen-bond donors (Lipinski definition) is 0. The molecule has 0 aromatic carbocycles. The molecule has 0 heterocycles. The Labute approximate surface area is 98.6 Å². The third kappa shape index (κ3) is 6.59. The molecule has 3 heteroatoms. The van der Waals surface area contributed by atoms with Crippen LogP contribution in [0.1, 0.15) is 59.8 Å². The van der Waals surface area contributed by atoms with Crippen molar-refractivity contribution in [2.45, 2.75) is 65.9 Å². The number of ketones is 1. The average molecular weight is 228 g/mol. The fraction of sp³-hybridized carbons (Fsp3) is 0.846. The Hall–Kier alpha value is -0.860. The fourth-order valence-corrected chi connectivity index (χ4v) is 1.38. The standard InChI is InChI=1S/C13H24O3/c1-5-6-7-8-9-10(2)16-13(15)11(3)12(4)14/h10-11H,5-9H2,1-4H3. The van der Waals surface area contributed by atoms with Crippen molar-refractivity contribution in [2.24, 2.45) is 5.92 Å².